The van der Waals surface area contributed by atoms with Crippen LogP contribution >= 0.6 is 0 Å². The number of halogens is 5. The molecule has 184 valence electrons. The zero-order valence-electron chi connectivity index (χ0n) is 18.8. The molecule has 0 fully saturated rings. The van der Waals surface area contributed by atoms with E-state index in [2.05, 4.69) is 4.74 Å². The summed E-state index contributed by atoms with van der Waals surface area (Å²) < 4.78 is 105. The molecule has 0 aromatic heterocycles. The van der Waals surface area contributed by atoms with E-state index in [0.29, 0.717) is 6.42 Å². The first-order chi connectivity index (χ1) is 13.8. The van der Waals surface area contributed by atoms with E-state index >= 15 is 0 Å². The fourth-order valence-corrected chi connectivity index (χ4v) is 3.38. The number of hydrogen-bond donors (Lipinski definition) is 0. The second kappa shape index (κ2) is 13.4. The molecule has 32 heavy (non-hydrogen) atoms. The van der Waals surface area contributed by atoms with Gasteiger partial charge in [-0.3, -0.25) is 9.59 Å². The SMILES string of the molecule is CC(CCOC(=O)CC(C(=O)OCCCC(F)(F)C(F)(F)F)S(=O)(=O)[O-])CC(C)(C)C.[Na+]. The van der Waals surface area contributed by atoms with Gasteiger partial charge in [0.25, 0.3) is 0 Å². The van der Waals surface area contributed by atoms with Gasteiger partial charge in [-0.1, -0.05) is 27.7 Å². The Kier molecular flexibility index (Phi) is 14.1. The van der Waals surface area contributed by atoms with Gasteiger partial charge < -0.3 is 14.0 Å². The molecule has 0 aliphatic heterocycles. The van der Waals surface area contributed by atoms with Crippen molar-refractivity contribution in [1.82, 2.24) is 0 Å². The Bertz CT molecular complexity index is 705. The molecule has 0 N–H and O–H groups in total. The van der Waals surface area contributed by atoms with Gasteiger partial charge in [-0.05, 0) is 30.6 Å². The summed E-state index contributed by atoms with van der Waals surface area (Å²) in [4.78, 5) is 23.6. The van der Waals surface area contributed by atoms with E-state index < -0.39 is 65.3 Å². The van der Waals surface area contributed by atoms with Crippen LogP contribution in [-0.4, -0.2) is 55.5 Å². The molecule has 0 heterocycles. The number of rotatable bonds is 12. The third kappa shape index (κ3) is 13.9. The number of carbonyl (C=O) groups is 2. The van der Waals surface area contributed by atoms with Crippen LogP contribution in [-0.2, 0) is 29.2 Å². The molecular weight excluding hydrogens is 478 g/mol. The van der Waals surface area contributed by atoms with Crippen LogP contribution < -0.4 is 29.6 Å². The molecule has 0 radical (unpaired) electrons. The minimum Gasteiger partial charge on any atom is -0.747 e. The third-order valence-corrected chi connectivity index (χ3v) is 5.15. The Labute approximate surface area is 206 Å². The maximum absolute atomic E-state index is 12.8. The summed E-state index contributed by atoms with van der Waals surface area (Å²) in [5, 5.41) is -2.49. The molecule has 0 aliphatic carbocycles. The van der Waals surface area contributed by atoms with E-state index in [1.807, 2.05) is 27.7 Å². The molecule has 0 aromatic rings. The van der Waals surface area contributed by atoms with Gasteiger partial charge >= 0.3 is 53.6 Å². The molecule has 0 spiro atoms. The van der Waals surface area contributed by atoms with Crippen molar-refractivity contribution in [1.29, 1.82) is 0 Å². The topological polar surface area (TPSA) is 110 Å². The number of hydrogen-bond acceptors (Lipinski definition) is 7. The van der Waals surface area contributed by atoms with Crippen molar-refractivity contribution in [2.75, 3.05) is 13.2 Å². The predicted molar refractivity (Wildman–Crippen MR) is 98.1 cm³/mol. The minimum absolute atomic E-state index is 0. The molecule has 0 amide bonds. The first-order valence-corrected chi connectivity index (χ1v) is 10.9. The van der Waals surface area contributed by atoms with Gasteiger partial charge in [-0.15, -0.1) is 0 Å². The molecule has 0 saturated heterocycles. The van der Waals surface area contributed by atoms with Gasteiger partial charge in [0.1, 0.15) is 10.1 Å². The zero-order chi connectivity index (χ0) is 24.7. The van der Waals surface area contributed by atoms with Crippen LogP contribution in [0.3, 0.4) is 0 Å². The molecule has 2 atom stereocenters. The van der Waals surface area contributed by atoms with Crippen LogP contribution in [0.2, 0.25) is 0 Å². The number of esters is 2. The zero-order valence-corrected chi connectivity index (χ0v) is 21.6. The van der Waals surface area contributed by atoms with Gasteiger partial charge in [0.05, 0.1) is 19.6 Å². The molecular formula is C18H28F5NaO7S. The summed E-state index contributed by atoms with van der Waals surface area (Å²) >= 11 is 0. The van der Waals surface area contributed by atoms with Gasteiger partial charge in [0.2, 0.25) is 0 Å². The number of alkyl halides is 5. The number of carbonyl (C=O) groups excluding carboxylic acids is 2. The van der Waals surface area contributed by atoms with Crippen molar-refractivity contribution in [3.05, 3.63) is 0 Å². The molecule has 2 unspecified atom stereocenters. The largest absolute Gasteiger partial charge is 1.00 e. The molecule has 0 saturated carbocycles. The Morgan fingerprint density at radius 2 is 1.53 bits per heavy atom. The van der Waals surface area contributed by atoms with Gasteiger partial charge in [0.15, 0.2) is 5.25 Å². The maximum atomic E-state index is 12.8. The number of ether oxygens (including phenoxy) is 2. The molecule has 0 aliphatic rings. The Morgan fingerprint density at radius 3 is 1.97 bits per heavy atom. The van der Waals surface area contributed by atoms with E-state index in [4.69, 9.17) is 4.74 Å². The Morgan fingerprint density at radius 1 is 1.00 bits per heavy atom. The monoisotopic (exact) mass is 506 g/mol. The average molecular weight is 506 g/mol. The van der Waals surface area contributed by atoms with Gasteiger partial charge in [-0.2, -0.15) is 22.0 Å². The second-order valence-electron chi connectivity index (χ2n) is 8.54. The Hall–Kier alpha value is -0.500. The summed E-state index contributed by atoms with van der Waals surface area (Å²) in [5.41, 5.74) is 0.0407. The predicted octanol–water partition coefficient (Wildman–Crippen LogP) is 0.821. The third-order valence-electron chi connectivity index (χ3n) is 4.09. The van der Waals surface area contributed by atoms with Crippen molar-refractivity contribution in [3.63, 3.8) is 0 Å². The summed E-state index contributed by atoms with van der Waals surface area (Å²) in [5.74, 6) is -7.72. The van der Waals surface area contributed by atoms with Crippen LogP contribution in [0.25, 0.3) is 0 Å². The van der Waals surface area contributed by atoms with E-state index in [1.54, 1.807) is 0 Å². The van der Waals surface area contributed by atoms with E-state index in [9.17, 15) is 44.5 Å². The quantitative estimate of drug-likeness (QED) is 0.127. The van der Waals surface area contributed by atoms with Crippen molar-refractivity contribution >= 4 is 22.1 Å². The van der Waals surface area contributed by atoms with E-state index in [-0.39, 0.29) is 47.5 Å². The fraction of sp³-hybridized carbons (Fsp3) is 0.889. The van der Waals surface area contributed by atoms with Crippen molar-refractivity contribution in [2.45, 2.75) is 77.1 Å². The molecule has 7 nitrogen and oxygen atoms in total. The smallest absolute Gasteiger partial charge is 0.747 e. The summed E-state index contributed by atoms with van der Waals surface area (Å²) in [6, 6.07) is 0. The normalized spacial score (nSPS) is 14.8. The first kappa shape index (κ1) is 33.7. The first-order valence-electron chi connectivity index (χ1n) is 9.48. The second-order valence-corrected chi connectivity index (χ2v) is 10.1. The van der Waals surface area contributed by atoms with E-state index in [0.717, 1.165) is 6.42 Å². The summed E-state index contributed by atoms with van der Waals surface area (Å²) in [6.07, 6.45) is -8.31. The van der Waals surface area contributed by atoms with Crippen molar-refractivity contribution in [2.24, 2.45) is 11.3 Å². The van der Waals surface area contributed by atoms with Gasteiger partial charge in [0, 0.05) is 6.42 Å². The summed E-state index contributed by atoms with van der Waals surface area (Å²) in [7, 11) is -5.37. The minimum atomic E-state index is -5.79. The molecule has 14 heteroatoms. The van der Waals surface area contributed by atoms with Crippen molar-refractivity contribution in [3.8, 4) is 0 Å². The maximum Gasteiger partial charge on any atom is 1.00 e. The standard InChI is InChI=1S/C18H29F5O7S.Na/c1-12(11-16(2,3)4)6-9-29-14(24)10-13(31(26,27)28)15(25)30-8-5-7-17(19,20)18(21,22)23;/h12-13H,5-11H2,1-4H3,(H,26,27,28);/q;+1/p-1. The van der Waals surface area contributed by atoms with Crippen LogP contribution in [0.1, 0.15) is 59.8 Å². The Balaban J connectivity index is 0. The molecule has 0 aromatic carbocycles. The van der Waals surface area contributed by atoms with Crippen LogP contribution in [0.4, 0.5) is 22.0 Å². The molecule has 0 rings (SSSR count). The molecule has 0 bridgehead atoms. The average Bonchev–Trinajstić information content (AvgIpc) is 2.52. The fourth-order valence-electron chi connectivity index (χ4n) is 2.74. The van der Waals surface area contributed by atoms with Crippen LogP contribution in [0, 0.1) is 11.3 Å². The van der Waals surface area contributed by atoms with Crippen LogP contribution in [0.15, 0.2) is 0 Å². The van der Waals surface area contributed by atoms with E-state index in [1.165, 1.54) is 0 Å². The summed E-state index contributed by atoms with van der Waals surface area (Å²) in [6.45, 7) is 6.92. The van der Waals surface area contributed by atoms with Crippen molar-refractivity contribution < 1.29 is 83.5 Å². The van der Waals surface area contributed by atoms with Gasteiger partial charge in [-0.25, -0.2) is 8.42 Å². The van der Waals surface area contributed by atoms with Crippen LogP contribution in [0.5, 0.6) is 0 Å².